The molecule has 8 heteroatoms. The number of carbonyl (C=O) groups is 1. The number of rotatable bonds is 6. The van der Waals surface area contributed by atoms with Crippen LogP contribution in [0.3, 0.4) is 0 Å². The molecule has 0 unspecified atom stereocenters. The van der Waals surface area contributed by atoms with Gasteiger partial charge in [-0.3, -0.25) is 14.3 Å². The second kappa shape index (κ2) is 6.18. The number of halogens is 2. The van der Waals surface area contributed by atoms with E-state index in [2.05, 4.69) is 20.0 Å². The Bertz CT molecular complexity index is 813. The van der Waals surface area contributed by atoms with Gasteiger partial charge < -0.3 is 5.32 Å². The molecule has 2 N–H and O–H groups in total. The highest BCUT2D eigenvalue weighted by atomic mass is 19.1. The van der Waals surface area contributed by atoms with Crippen LogP contribution in [0.15, 0.2) is 27.5 Å². The molecule has 1 amide bonds. The second-order valence-electron chi connectivity index (χ2n) is 6.47. The van der Waals surface area contributed by atoms with Gasteiger partial charge in [0.2, 0.25) is 5.82 Å². The SMILES string of the molecule is C[C@](CNC(=O)c1noc(=O)[nH]1)(Cc1ccc(F)cc1F)C1CC1. The Balaban J connectivity index is 1.71. The summed E-state index contributed by atoms with van der Waals surface area (Å²) < 4.78 is 31.3. The van der Waals surface area contributed by atoms with Gasteiger partial charge in [0.25, 0.3) is 5.91 Å². The first-order chi connectivity index (χ1) is 11.4. The molecule has 24 heavy (non-hydrogen) atoms. The molecule has 0 aliphatic heterocycles. The van der Waals surface area contributed by atoms with Gasteiger partial charge in [-0.15, -0.1) is 0 Å². The van der Waals surface area contributed by atoms with Crippen molar-refractivity contribution >= 4 is 5.91 Å². The topological polar surface area (TPSA) is 88.0 Å². The molecular weight excluding hydrogens is 320 g/mol. The van der Waals surface area contributed by atoms with Gasteiger partial charge in [0.1, 0.15) is 11.6 Å². The minimum Gasteiger partial charge on any atom is -0.349 e. The van der Waals surface area contributed by atoms with E-state index in [4.69, 9.17) is 0 Å². The number of aromatic nitrogens is 2. The first-order valence-corrected chi connectivity index (χ1v) is 7.65. The summed E-state index contributed by atoms with van der Waals surface area (Å²) >= 11 is 0. The largest absolute Gasteiger partial charge is 0.439 e. The number of carbonyl (C=O) groups excluding carboxylic acids is 1. The molecule has 0 saturated heterocycles. The Kier molecular flexibility index (Phi) is 4.21. The van der Waals surface area contributed by atoms with Crippen molar-refractivity contribution in [3.63, 3.8) is 0 Å². The highest BCUT2D eigenvalue weighted by molar-refractivity contribution is 5.90. The van der Waals surface area contributed by atoms with Crippen LogP contribution in [0.2, 0.25) is 0 Å². The minimum absolute atomic E-state index is 0.203. The highest BCUT2D eigenvalue weighted by Crippen LogP contribution is 2.47. The van der Waals surface area contributed by atoms with Gasteiger partial charge in [-0.1, -0.05) is 13.0 Å². The fourth-order valence-corrected chi connectivity index (χ4v) is 2.93. The van der Waals surface area contributed by atoms with Crippen molar-refractivity contribution in [1.82, 2.24) is 15.5 Å². The number of benzene rings is 1. The van der Waals surface area contributed by atoms with E-state index >= 15 is 0 Å². The van der Waals surface area contributed by atoms with E-state index in [1.165, 1.54) is 12.1 Å². The predicted octanol–water partition coefficient (Wildman–Crippen LogP) is 2.03. The summed E-state index contributed by atoms with van der Waals surface area (Å²) in [5.41, 5.74) is 0.0353. The van der Waals surface area contributed by atoms with Gasteiger partial charge >= 0.3 is 5.76 Å². The minimum atomic E-state index is -0.807. The molecule has 1 aliphatic rings. The molecule has 2 aromatic rings. The van der Waals surface area contributed by atoms with Crippen LogP contribution in [0.1, 0.15) is 35.9 Å². The Morgan fingerprint density at radius 2 is 2.21 bits per heavy atom. The summed E-state index contributed by atoms with van der Waals surface area (Å²) in [6.45, 7) is 2.24. The maximum atomic E-state index is 13.9. The summed E-state index contributed by atoms with van der Waals surface area (Å²) in [5, 5.41) is 6.03. The molecule has 0 radical (unpaired) electrons. The van der Waals surface area contributed by atoms with Crippen LogP contribution in [0.25, 0.3) is 0 Å². The monoisotopic (exact) mass is 337 g/mol. The van der Waals surface area contributed by atoms with Gasteiger partial charge in [0.15, 0.2) is 0 Å². The lowest BCUT2D eigenvalue weighted by atomic mass is 9.78. The number of nitrogens with zero attached hydrogens (tertiary/aromatic N) is 1. The molecule has 0 bridgehead atoms. The highest BCUT2D eigenvalue weighted by Gasteiger charge is 2.42. The fourth-order valence-electron chi connectivity index (χ4n) is 2.93. The number of hydrogen-bond acceptors (Lipinski definition) is 4. The zero-order chi connectivity index (χ0) is 17.3. The number of hydrogen-bond donors (Lipinski definition) is 2. The first kappa shape index (κ1) is 16.4. The Hall–Kier alpha value is -2.51. The van der Waals surface area contributed by atoms with Crippen LogP contribution in [0.5, 0.6) is 0 Å². The normalized spacial score (nSPS) is 16.6. The van der Waals surface area contributed by atoms with Crippen LogP contribution in [0.4, 0.5) is 8.78 Å². The maximum Gasteiger partial charge on any atom is 0.439 e. The molecule has 1 atom stereocenters. The van der Waals surface area contributed by atoms with Gasteiger partial charge in [0.05, 0.1) is 0 Å². The van der Waals surface area contributed by atoms with Crippen molar-refractivity contribution < 1.29 is 18.1 Å². The van der Waals surface area contributed by atoms with Crippen molar-refractivity contribution in [2.75, 3.05) is 6.54 Å². The smallest absolute Gasteiger partial charge is 0.349 e. The molecule has 1 aromatic carbocycles. The van der Waals surface area contributed by atoms with E-state index in [1.54, 1.807) is 0 Å². The fraction of sp³-hybridized carbons (Fsp3) is 0.438. The predicted molar refractivity (Wildman–Crippen MR) is 80.3 cm³/mol. The molecular formula is C16H17F2N3O3. The lowest BCUT2D eigenvalue weighted by Gasteiger charge is -2.30. The van der Waals surface area contributed by atoms with E-state index < -0.39 is 23.3 Å². The lowest BCUT2D eigenvalue weighted by molar-refractivity contribution is 0.0913. The summed E-state index contributed by atoms with van der Waals surface area (Å²) in [7, 11) is 0. The lowest BCUT2D eigenvalue weighted by Crippen LogP contribution is -2.39. The van der Waals surface area contributed by atoms with E-state index in [-0.39, 0.29) is 17.8 Å². The molecule has 3 rings (SSSR count). The van der Waals surface area contributed by atoms with Crippen molar-refractivity contribution in [2.45, 2.75) is 26.2 Å². The molecule has 1 aromatic heterocycles. The average molecular weight is 337 g/mol. The maximum absolute atomic E-state index is 13.9. The third-order valence-electron chi connectivity index (χ3n) is 4.48. The summed E-state index contributed by atoms with van der Waals surface area (Å²) in [6, 6.07) is 3.52. The third-order valence-corrected chi connectivity index (χ3v) is 4.48. The summed E-state index contributed by atoms with van der Waals surface area (Å²) in [6.07, 6.45) is 2.37. The average Bonchev–Trinajstić information content (AvgIpc) is 3.30. The van der Waals surface area contributed by atoms with Gasteiger partial charge in [-0.05, 0) is 47.4 Å². The van der Waals surface area contributed by atoms with Crippen LogP contribution in [-0.2, 0) is 6.42 Å². The van der Waals surface area contributed by atoms with Crippen molar-refractivity contribution in [2.24, 2.45) is 11.3 Å². The zero-order valence-corrected chi connectivity index (χ0v) is 13.1. The number of aromatic amines is 1. The van der Waals surface area contributed by atoms with E-state index in [0.29, 0.717) is 17.9 Å². The third kappa shape index (κ3) is 3.52. The first-order valence-electron chi connectivity index (χ1n) is 7.65. The van der Waals surface area contributed by atoms with Gasteiger partial charge in [-0.2, -0.15) is 0 Å². The Labute approximate surface area is 136 Å². The molecule has 1 saturated carbocycles. The molecule has 6 nitrogen and oxygen atoms in total. The van der Waals surface area contributed by atoms with Crippen LogP contribution in [-0.4, -0.2) is 22.6 Å². The standard InChI is InChI=1S/C16H17F2N3O3/c1-16(10-3-4-10,7-9-2-5-11(17)6-12(9)18)8-19-14(22)13-20-15(23)24-21-13/h2,5-6,10H,3-4,7-8H2,1H3,(H,19,22)(H,20,21,23)/t16-/m1/s1. The molecule has 1 aliphatic carbocycles. The summed E-state index contributed by atoms with van der Waals surface area (Å²) in [4.78, 5) is 25.0. The molecule has 1 fully saturated rings. The Morgan fingerprint density at radius 3 is 2.79 bits per heavy atom. The van der Waals surface area contributed by atoms with E-state index in [9.17, 15) is 18.4 Å². The van der Waals surface area contributed by atoms with E-state index in [1.807, 2.05) is 6.92 Å². The number of amides is 1. The second-order valence-corrected chi connectivity index (χ2v) is 6.47. The molecule has 128 valence electrons. The van der Waals surface area contributed by atoms with E-state index in [0.717, 1.165) is 18.9 Å². The van der Waals surface area contributed by atoms with Crippen LogP contribution in [0, 0.1) is 23.0 Å². The Morgan fingerprint density at radius 1 is 1.46 bits per heavy atom. The zero-order valence-electron chi connectivity index (χ0n) is 13.1. The van der Waals surface area contributed by atoms with Gasteiger partial charge in [-0.25, -0.2) is 13.6 Å². The van der Waals surface area contributed by atoms with Crippen molar-refractivity contribution in [1.29, 1.82) is 0 Å². The van der Waals surface area contributed by atoms with Crippen molar-refractivity contribution in [3.05, 3.63) is 51.8 Å². The summed E-state index contributed by atoms with van der Waals surface area (Å²) in [5.74, 6) is -2.43. The quantitative estimate of drug-likeness (QED) is 0.844. The van der Waals surface area contributed by atoms with Crippen LogP contribution < -0.4 is 11.1 Å². The number of H-pyrrole nitrogens is 1. The van der Waals surface area contributed by atoms with Crippen LogP contribution >= 0.6 is 0 Å². The van der Waals surface area contributed by atoms with Crippen molar-refractivity contribution in [3.8, 4) is 0 Å². The number of nitrogens with one attached hydrogen (secondary N) is 2. The molecule has 1 heterocycles. The molecule has 0 spiro atoms. The van der Waals surface area contributed by atoms with Gasteiger partial charge in [0, 0.05) is 12.6 Å².